The number of nitrogens with one attached hydrogen (secondary N) is 1. The molecule has 2 fully saturated rings. The van der Waals surface area contributed by atoms with E-state index in [1.54, 1.807) is 0 Å². The number of rotatable bonds is 4. The smallest absolute Gasteiger partial charge is 0.279 e. The van der Waals surface area contributed by atoms with Crippen LogP contribution >= 0.6 is 0 Å². The average Bonchev–Trinajstić information content (AvgIpc) is 2.70. The quantitative estimate of drug-likeness (QED) is 0.833. The normalized spacial score (nSPS) is 27.2. The summed E-state index contributed by atoms with van der Waals surface area (Å²) < 4.78 is 28.9. The van der Waals surface area contributed by atoms with Crippen molar-refractivity contribution in [3.05, 3.63) is 0 Å². The first-order chi connectivity index (χ1) is 9.73. The van der Waals surface area contributed by atoms with Gasteiger partial charge in [0.2, 0.25) is 0 Å². The van der Waals surface area contributed by atoms with Gasteiger partial charge >= 0.3 is 0 Å². The second-order valence-electron chi connectivity index (χ2n) is 7.53. The lowest BCUT2D eigenvalue weighted by Crippen LogP contribution is -2.50. The Balaban J connectivity index is 1.89. The van der Waals surface area contributed by atoms with Crippen LogP contribution in [0.2, 0.25) is 0 Å². The molecular weight excluding hydrogens is 288 g/mol. The van der Waals surface area contributed by atoms with Gasteiger partial charge in [-0.15, -0.1) is 0 Å². The molecule has 1 heterocycles. The van der Waals surface area contributed by atoms with Crippen LogP contribution in [0.1, 0.15) is 65.2 Å². The summed E-state index contributed by atoms with van der Waals surface area (Å²) in [5.41, 5.74) is -0.621. The van der Waals surface area contributed by atoms with Gasteiger partial charge in [0.1, 0.15) is 0 Å². The van der Waals surface area contributed by atoms with Crippen LogP contribution in [0.5, 0.6) is 0 Å². The first-order valence-electron chi connectivity index (χ1n) is 8.20. The minimum Gasteiger partial charge on any atom is -0.389 e. The SMILES string of the molecule is CC1(C)CCC(O)(CNS(=O)(=O)N2CCCCCC2)CC1. The molecule has 2 aliphatic rings. The van der Waals surface area contributed by atoms with E-state index in [9.17, 15) is 13.5 Å². The second kappa shape index (κ2) is 6.52. The highest BCUT2D eigenvalue weighted by Crippen LogP contribution is 2.39. The zero-order chi connectivity index (χ0) is 15.6. The van der Waals surface area contributed by atoms with Crippen molar-refractivity contribution < 1.29 is 13.5 Å². The van der Waals surface area contributed by atoms with Crippen molar-refractivity contribution in [2.45, 2.75) is 70.8 Å². The minimum atomic E-state index is -3.45. The maximum absolute atomic E-state index is 12.4. The van der Waals surface area contributed by atoms with Crippen molar-refractivity contribution >= 4 is 10.2 Å². The largest absolute Gasteiger partial charge is 0.389 e. The lowest BCUT2D eigenvalue weighted by molar-refractivity contribution is -0.0208. The monoisotopic (exact) mass is 318 g/mol. The molecule has 124 valence electrons. The van der Waals surface area contributed by atoms with Gasteiger partial charge in [0.05, 0.1) is 5.60 Å². The van der Waals surface area contributed by atoms with Crippen molar-refractivity contribution in [2.75, 3.05) is 19.6 Å². The number of nitrogens with zero attached hydrogens (tertiary/aromatic N) is 1. The third-order valence-corrected chi connectivity index (χ3v) is 6.58. The van der Waals surface area contributed by atoms with E-state index in [2.05, 4.69) is 18.6 Å². The summed E-state index contributed by atoms with van der Waals surface area (Å²) in [5.74, 6) is 0. The fraction of sp³-hybridized carbons (Fsp3) is 1.00. The molecule has 5 nitrogen and oxygen atoms in total. The predicted molar refractivity (Wildman–Crippen MR) is 84.2 cm³/mol. The molecule has 0 bridgehead atoms. The van der Waals surface area contributed by atoms with Gasteiger partial charge in [-0.1, -0.05) is 26.7 Å². The van der Waals surface area contributed by atoms with Gasteiger partial charge in [-0.25, -0.2) is 0 Å². The Kier molecular flexibility index (Phi) is 5.34. The molecular formula is C15H30N2O3S. The molecule has 1 saturated heterocycles. The minimum absolute atomic E-state index is 0.141. The summed E-state index contributed by atoms with van der Waals surface area (Å²) in [5, 5.41) is 10.6. The van der Waals surface area contributed by atoms with Crippen molar-refractivity contribution in [3.8, 4) is 0 Å². The summed E-state index contributed by atoms with van der Waals surface area (Å²) in [4.78, 5) is 0. The Bertz CT molecular complexity index is 430. The van der Waals surface area contributed by atoms with E-state index in [1.165, 1.54) is 4.31 Å². The van der Waals surface area contributed by atoms with E-state index < -0.39 is 15.8 Å². The Morgan fingerprint density at radius 3 is 2.05 bits per heavy atom. The molecule has 1 saturated carbocycles. The predicted octanol–water partition coefficient (Wildman–Crippen LogP) is 2.03. The lowest BCUT2D eigenvalue weighted by atomic mass is 9.71. The van der Waals surface area contributed by atoms with Gasteiger partial charge in [0.25, 0.3) is 10.2 Å². The number of hydrogen-bond donors (Lipinski definition) is 2. The Morgan fingerprint density at radius 1 is 1.00 bits per heavy atom. The van der Waals surface area contributed by atoms with Crippen LogP contribution in [0.4, 0.5) is 0 Å². The van der Waals surface area contributed by atoms with Gasteiger partial charge in [-0.05, 0) is 43.9 Å². The highest BCUT2D eigenvalue weighted by molar-refractivity contribution is 7.87. The zero-order valence-corrected chi connectivity index (χ0v) is 14.2. The highest BCUT2D eigenvalue weighted by atomic mass is 32.2. The molecule has 21 heavy (non-hydrogen) atoms. The van der Waals surface area contributed by atoms with E-state index in [1.807, 2.05) is 0 Å². The number of aliphatic hydroxyl groups is 1. The van der Waals surface area contributed by atoms with Gasteiger partial charge < -0.3 is 5.11 Å². The fourth-order valence-corrected chi connectivity index (χ4v) is 4.54. The average molecular weight is 318 g/mol. The van der Waals surface area contributed by atoms with Crippen LogP contribution in [0.15, 0.2) is 0 Å². The lowest BCUT2D eigenvalue weighted by Gasteiger charge is -2.40. The van der Waals surface area contributed by atoms with Crippen LogP contribution in [-0.4, -0.2) is 43.1 Å². The summed E-state index contributed by atoms with van der Waals surface area (Å²) >= 11 is 0. The van der Waals surface area contributed by atoms with E-state index in [-0.39, 0.29) is 12.0 Å². The standard InChI is InChI=1S/C15H30N2O3S/c1-14(2)7-9-15(18,10-8-14)13-16-21(19,20)17-11-5-3-4-6-12-17/h16,18H,3-13H2,1-2H3. The van der Waals surface area contributed by atoms with Crippen molar-refractivity contribution in [2.24, 2.45) is 5.41 Å². The molecule has 0 aromatic carbocycles. The molecule has 0 spiro atoms. The topological polar surface area (TPSA) is 69.6 Å². The molecule has 0 aromatic rings. The molecule has 0 amide bonds. The molecule has 0 aromatic heterocycles. The van der Waals surface area contributed by atoms with E-state index in [0.29, 0.717) is 25.9 Å². The molecule has 2 N–H and O–H groups in total. The molecule has 1 aliphatic heterocycles. The molecule has 0 unspecified atom stereocenters. The van der Waals surface area contributed by atoms with Crippen molar-refractivity contribution in [1.82, 2.24) is 9.03 Å². The maximum Gasteiger partial charge on any atom is 0.279 e. The number of hydrogen-bond acceptors (Lipinski definition) is 3. The maximum atomic E-state index is 12.4. The van der Waals surface area contributed by atoms with E-state index in [0.717, 1.165) is 38.5 Å². The van der Waals surface area contributed by atoms with Gasteiger partial charge in [0, 0.05) is 19.6 Å². The third kappa shape index (κ3) is 4.91. The molecule has 1 aliphatic carbocycles. The van der Waals surface area contributed by atoms with E-state index in [4.69, 9.17) is 0 Å². The van der Waals surface area contributed by atoms with Crippen LogP contribution in [0.3, 0.4) is 0 Å². The van der Waals surface area contributed by atoms with Crippen LogP contribution in [-0.2, 0) is 10.2 Å². The summed E-state index contributed by atoms with van der Waals surface area (Å²) in [6.07, 6.45) is 7.28. The molecule has 2 rings (SSSR count). The summed E-state index contributed by atoms with van der Waals surface area (Å²) in [7, 11) is -3.45. The third-order valence-electron chi connectivity index (χ3n) is 5.02. The Labute approximate surface area is 129 Å². The van der Waals surface area contributed by atoms with Gasteiger partial charge in [-0.3, -0.25) is 0 Å². The molecule has 0 radical (unpaired) electrons. The van der Waals surface area contributed by atoms with Crippen LogP contribution in [0.25, 0.3) is 0 Å². The Morgan fingerprint density at radius 2 is 1.52 bits per heavy atom. The fourth-order valence-electron chi connectivity index (χ4n) is 3.17. The first-order valence-corrected chi connectivity index (χ1v) is 9.64. The van der Waals surface area contributed by atoms with Gasteiger partial charge in [-0.2, -0.15) is 17.4 Å². The van der Waals surface area contributed by atoms with Crippen LogP contribution < -0.4 is 4.72 Å². The molecule has 6 heteroatoms. The summed E-state index contributed by atoms with van der Waals surface area (Å²) in [6, 6.07) is 0. The van der Waals surface area contributed by atoms with Crippen molar-refractivity contribution in [1.29, 1.82) is 0 Å². The summed E-state index contributed by atoms with van der Waals surface area (Å²) in [6.45, 7) is 5.74. The first kappa shape index (κ1) is 17.2. The van der Waals surface area contributed by atoms with Crippen molar-refractivity contribution in [3.63, 3.8) is 0 Å². The molecule has 0 atom stereocenters. The van der Waals surface area contributed by atoms with Gasteiger partial charge in [0.15, 0.2) is 0 Å². The Hall–Kier alpha value is -0.170. The highest BCUT2D eigenvalue weighted by Gasteiger charge is 2.37. The van der Waals surface area contributed by atoms with Crippen LogP contribution in [0, 0.1) is 5.41 Å². The van der Waals surface area contributed by atoms with E-state index >= 15 is 0 Å². The second-order valence-corrected chi connectivity index (χ2v) is 9.28. The zero-order valence-electron chi connectivity index (χ0n) is 13.4.